The Morgan fingerprint density at radius 1 is 1.12 bits per heavy atom. The first kappa shape index (κ1) is 13.9. The fourth-order valence-electron chi connectivity index (χ4n) is 1.39. The summed E-state index contributed by atoms with van der Waals surface area (Å²) in [5, 5.41) is 0. The lowest BCUT2D eigenvalue weighted by Gasteiger charge is -2.11. The molecule has 0 aliphatic carbocycles. The minimum atomic E-state index is -0.534. The van der Waals surface area contributed by atoms with Crippen molar-refractivity contribution >= 4 is 0 Å². The van der Waals surface area contributed by atoms with Crippen molar-refractivity contribution in [2.24, 2.45) is 0 Å². The van der Waals surface area contributed by atoms with Crippen LogP contribution >= 0.6 is 0 Å². The van der Waals surface area contributed by atoms with Crippen LogP contribution in [0.3, 0.4) is 0 Å². The van der Waals surface area contributed by atoms with Gasteiger partial charge >= 0.3 is 0 Å². The van der Waals surface area contributed by atoms with E-state index in [1.54, 1.807) is 6.92 Å². The second-order valence-electron chi connectivity index (χ2n) is 4.00. The molecule has 0 fully saturated rings. The Hall–Kier alpha value is -1.16. The molecule has 0 aliphatic heterocycles. The molecule has 0 saturated carbocycles. The van der Waals surface area contributed by atoms with Crippen molar-refractivity contribution in [3.8, 4) is 5.75 Å². The summed E-state index contributed by atoms with van der Waals surface area (Å²) in [5.74, 6) is -1.03. The van der Waals surface area contributed by atoms with Gasteiger partial charge in [0.15, 0.2) is 11.6 Å². The van der Waals surface area contributed by atoms with Crippen LogP contribution in [0.15, 0.2) is 12.1 Å². The van der Waals surface area contributed by atoms with Crippen LogP contribution in [-0.2, 0) is 11.2 Å². The van der Waals surface area contributed by atoms with E-state index in [0.29, 0.717) is 18.6 Å². The molecule has 17 heavy (non-hydrogen) atoms. The van der Waals surface area contributed by atoms with E-state index < -0.39 is 11.6 Å². The summed E-state index contributed by atoms with van der Waals surface area (Å²) < 4.78 is 37.2. The summed E-state index contributed by atoms with van der Waals surface area (Å²) >= 11 is 0. The van der Waals surface area contributed by atoms with Gasteiger partial charge in [-0.25, -0.2) is 8.78 Å². The molecule has 96 valence electrons. The molecule has 0 atom stereocenters. The zero-order valence-electron chi connectivity index (χ0n) is 10.4. The summed E-state index contributed by atoms with van der Waals surface area (Å²) in [6.07, 6.45) is 0.558. The molecule has 0 amide bonds. The van der Waals surface area contributed by atoms with Crippen molar-refractivity contribution in [1.82, 2.24) is 0 Å². The molecule has 1 aromatic carbocycles. The van der Waals surface area contributed by atoms with Crippen molar-refractivity contribution in [1.29, 1.82) is 0 Å². The smallest absolute Gasteiger partial charge is 0.165 e. The number of ether oxygens (including phenoxy) is 2. The normalized spacial score (nSPS) is 10.9. The largest absolute Gasteiger partial charge is 0.488 e. The molecular formula is C13H18F2O2. The first-order chi connectivity index (χ1) is 8.04. The van der Waals surface area contributed by atoms with Gasteiger partial charge in [-0.15, -0.1) is 0 Å². The van der Waals surface area contributed by atoms with Gasteiger partial charge in [-0.2, -0.15) is 0 Å². The molecule has 0 heterocycles. The van der Waals surface area contributed by atoms with Gasteiger partial charge in [0.05, 0.1) is 12.7 Å². The SMILES string of the molecule is CCc1cc(F)c(OCCOC(C)C)cc1F. The van der Waals surface area contributed by atoms with Crippen LogP contribution in [0.25, 0.3) is 0 Å². The maximum absolute atomic E-state index is 13.5. The van der Waals surface area contributed by atoms with E-state index >= 15 is 0 Å². The Labute approximate surface area is 101 Å². The summed E-state index contributed by atoms with van der Waals surface area (Å²) in [6.45, 7) is 6.13. The van der Waals surface area contributed by atoms with E-state index in [9.17, 15) is 8.78 Å². The average Bonchev–Trinajstić information content (AvgIpc) is 2.28. The zero-order valence-corrected chi connectivity index (χ0v) is 10.4. The molecule has 0 aromatic heterocycles. The van der Waals surface area contributed by atoms with Crippen molar-refractivity contribution in [2.75, 3.05) is 13.2 Å². The standard InChI is InChI=1S/C13H18F2O2/c1-4-10-7-12(15)13(8-11(10)14)17-6-5-16-9(2)3/h7-9H,4-6H2,1-3H3. The maximum atomic E-state index is 13.5. The Morgan fingerprint density at radius 2 is 1.82 bits per heavy atom. The predicted octanol–water partition coefficient (Wildman–Crippen LogP) is 3.33. The number of hydrogen-bond donors (Lipinski definition) is 0. The van der Waals surface area contributed by atoms with Gasteiger partial charge in [-0.3, -0.25) is 0 Å². The first-order valence-corrected chi connectivity index (χ1v) is 5.77. The van der Waals surface area contributed by atoms with E-state index in [-0.39, 0.29) is 18.5 Å². The number of halogens is 2. The Morgan fingerprint density at radius 3 is 2.41 bits per heavy atom. The Bertz CT molecular complexity index is 365. The third-order valence-corrected chi connectivity index (χ3v) is 2.27. The molecule has 0 saturated heterocycles. The van der Waals surface area contributed by atoms with Crippen LogP contribution in [0.5, 0.6) is 5.75 Å². The quantitative estimate of drug-likeness (QED) is 0.715. The molecular weight excluding hydrogens is 226 g/mol. The molecule has 0 bridgehead atoms. The maximum Gasteiger partial charge on any atom is 0.165 e. The molecule has 1 rings (SSSR count). The highest BCUT2D eigenvalue weighted by molar-refractivity contribution is 5.30. The summed E-state index contributed by atoms with van der Waals surface area (Å²) in [4.78, 5) is 0. The highest BCUT2D eigenvalue weighted by Crippen LogP contribution is 2.21. The van der Waals surface area contributed by atoms with Gasteiger partial charge in [0.1, 0.15) is 12.4 Å². The molecule has 0 spiro atoms. The average molecular weight is 244 g/mol. The summed E-state index contributed by atoms with van der Waals surface area (Å²) in [7, 11) is 0. The third kappa shape index (κ3) is 4.30. The predicted molar refractivity (Wildman–Crippen MR) is 62.3 cm³/mol. The third-order valence-electron chi connectivity index (χ3n) is 2.27. The van der Waals surface area contributed by atoms with Crippen molar-refractivity contribution in [3.63, 3.8) is 0 Å². The second-order valence-corrected chi connectivity index (χ2v) is 4.00. The summed E-state index contributed by atoms with van der Waals surface area (Å²) in [6, 6.07) is 2.26. The topological polar surface area (TPSA) is 18.5 Å². The van der Waals surface area contributed by atoms with Crippen LogP contribution < -0.4 is 4.74 Å². The van der Waals surface area contributed by atoms with Crippen LogP contribution in [0.1, 0.15) is 26.3 Å². The molecule has 2 nitrogen and oxygen atoms in total. The van der Waals surface area contributed by atoms with Crippen LogP contribution in [0.2, 0.25) is 0 Å². The number of aryl methyl sites for hydroxylation is 1. The molecule has 4 heteroatoms. The van der Waals surface area contributed by atoms with Crippen molar-refractivity contribution < 1.29 is 18.3 Å². The molecule has 0 unspecified atom stereocenters. The lowest BCUT2D eigenvalue weighted by atomic mass is 10.1. The van der Waals surface area contributed by atoms with E-state index in [1.807, 2.05) is 13.8 Å². The monoisotopic (exact) mass is 244 g/mol. The van der Waals surface area contributed by atoms with Gasteiger partial charge in [-0.1, -0.05) is 6.92 Å². The highest BCUT2D eigenvalue weighted by atomic mass is 19.1. The molecule has 1 aromatic rings. The van der Waals surface area contributed by atoms with Gasteiger partial charge in [0.25, 0.3) is 0 Å². The number of hydrogen-bond acceptors (Lipinski definition) is 2. The minimum absolute atomic E-state index is 0.0629. The lowest BCUT2D eigenvalue weighted by Crippen LogP contribution is -2.12. The molecule has 0 N–H and O–H groups in total. The van der Waals surface area contributed by atoms with Gasteiger partial charge < -0.3 is 9.47 Å². The van der Waals surface area contributed by atoms with Crippen LogP contribution in [-0.4, -0.2) is 19.3 Å². The highest BCUT2D eigenvalue weighted by Gasteiger charge is 2.09. The molecule has 0 radical (unpaired) electrons. The minimum Gasteiger partial charge on any atom is -0.488 e. The lowest BCUT2D eigenvalue weighted by molar-refractivity contribution is 0.0543. The zero-order chi connectivity index (χ0) is 12.8. The fourth-order valence-corrected chi connectivity index (χ4v) is 1.39. The molecule has 0 aliphatic rings. The second kappa shape index (κ2) is 6.55. The van der Waals surface area contributed by atoms with Gasteiger partial charge in [-0.05, 0) is 31.9 Å². The van der Waals surface area contributed by atoms with Crippen molar-refractivity contribution in [3.05, 3.63) is 29.3 Å². The number of benzene rings is 1. The summed E-state index contributed by atoms with van der Waals surface area (Å²) in [5.41, 5.74) is 0.355. The van der Waals surface area contributed by atoms with E-state index in [1.165, 1.54) is 6.07 Å². The van der Waals surface area contributed by atoms with Crippen molar-refractivity contribution in [2.45, 2.75) is 33.3 Å². The van der Waals surface area contributed by atoms with E-state index in [4.69, 9.17) is 9.47 Å². The van der Waals surface area contributed by atoms with Gasteiger partial charge in [0, 0.05) is 6.07 Å². The Kier molecular flexibility index (Phi) is 5.35. The van der Waals surface area contributed by atoms with Crippen LogP contribution in [0.4, 0.5) is 8.78 Å². The fraction of sp³-hybridized carbons (Fsp3) is 0.538. The number of rotatable bonds is 6. The Balaban J connectivity index is 2.56. The first-order valence-electron chi connectivity index (χ1n) is 5.77. The van der Waals surface area contributed by atoms with Gasteiger partial charge in [0.2, 0.25) is 0 Å². The van der Waals surface area contributed by atoms with E-state index in [0.717, 1.165) is 6.07 Å². The van der Waals surface area contributed by atoms with E-state index in [2.05, 4.69) is 0 Å². The van der Waals surface area contributed by atoms with Crippen LogP contribution in [0, 0.1) is 11.6 Å².